The number of amides is 1. The number of carbonyl (C=O) groups excluding carboxylic acids is 1. The molecule has 0 aliphatic rings. The summed E-state index contributed by atoms with van der Waals surface area (Å²) in [5.74, 6) is -0.827. The number of carbonyl (C=O) groups is 1. The van der Waals surface area contributed by atoms with Crippen LogP contribution in [0.1, 0.15) is 0 Å². The lowest BCUT2D eigenvalue weighted by Crippen LogP contribution is -2.50. The van der Waals surface area contributed by atoms with Crippen molar-refractivity contribution in [2.75, 3.05) is 11.9 Å². The van der Waals surface area contributed by atoms with Crippen LogP contribution in [0.5, 0.6) is 0 Å². The number of pyridine rings is 1. The Balaban J connectivity index is 2.61. The molecule has 0 unspecified atom stereocenters. The van der Waals surface area contributed by atoms with Gasteiger partial charge in [-0.2, -0.15) is 0 Å². The predicted octanol–water partition coefficient (Wildman–Crippen LogP) is -2.54. The molecule has 0 saturated heterocycles. The van der Waals surface area contributed by atoms with Gasteiger partial charge in [0.15, 0.2) is 6.10 Å². The molecule has 6 N–H and O–H groups in total. The number of nitrogens with zero attached hydrogens (tertiary/aromatic N) is 1. The molecule has 8 nitrogen and oxygen atoms in total. The number of aliphatic hydroxyl groups excluding tert-OH is 5. The number of nitrogens with one attached hydrogen (secondary N) is 1. The van der Waals surface area contributed by atoms with Crippen molar-refractivity contribution in [3.05, 3.63) is 24.4 Å². The highest BCUT2D eigenvalue weighted by molar-refractivity contribution is 5.93. The molecule has 0 aliphatic heterocycles. The van der Waals surface area contributed by atoms with Crippen LogP contribution in [-0.4, -0.2) is 67.4 Å². The third kappa shape index (κ3) is 4.23. The third-order valence-electron chi connectivity index (χ3n) is 2.44. The molecular formula is C11H16N2O6. The van der Waals surface area contributed by atoms with Crippen LogP contribution >= 0.6 is 0 Å². The van der Waals surface area contributed by atoms with Crippen LogP contribution in [-0.2, 0) is 4.79 Å². The van der Waals surface area contributed by atoms with Gasteiger partial charge in [-0.05, 0) is 12.1 Å². The Bertz CT molecular complexity index is 401. The maximum Gasteiger partial charge on any atom is 0.257 e. The summed E-state index contributed by atoms with van der Waals surface area (Å²) in [5.41, 5.74) is 0. The highest BCUT2D eigenvalue weighted by Crippen LogP contribution is 2.08. The Morgan fingerprint density at radius 2 is 1.89 bits per heavy atom. The fraction of sp³-hybridized carbons (Fsp3) is 0.455. The first-order chi connectivity index (χ1) is 8.97. The number of hydrogen-bond donors (Lipinski definition) is 6. The quantitative estimate of drug-likeness (QED) is 0.335. The zero-order valence-corrected chi connectivity index (χ0v) is 9.92. The lowest BCUT2D eigenvalue weighted by molar-refractivity contribution is -0.144. The van der Waals surface area contributed by atoms with Gasteiger partial charge in [0.25, 0.3) is 5.91 Å². The van der Waals surface area contributed by atoms with Crippen LogP contribution in [0.4, 0.5) is 5.82 Å². The summed E-state index contributed by atoms with van der Waals surface area (Å²) < 4.78 is 0. The van der Waals surface area contributed by atoms with Crippen molar-refractivity contribution in [1.82, 2.24) is 4.98 Å². The molecule has 1 rings (SSSR count). The second-order valence-corrected chi connectivity index (χ2v) is 3.88. The SMILES string of the molecule is O=C(Nc1ccccn1)[C@H](O)[C@@H](O)[C@H](O)[C@H](O)CO. The average molecular weight is 272 g/mol. The van der Waals surface area contributed by atoms with Crippen LogP contribution in [0.15, 0.2) is 24.4 Å². The first kappa shape index (κ1) is 15.5. The second kappa shape index (κ2) is 7.12. The fourth-order valence-corrected chi connectivity index (χ4v) is 1.31. The van der Waals surface area contributed by atoms with E-state index in [1.54, 1.807) is 12.1 Å². The summed E-state index contributed by atoms with van der Waals surface area (Å²) in [7, 11) is 0. The molecule has 106 valence electrons. The predicted molar refractivity (Wildman–Crippen MR) is 64.0 cm³/mol. The molecule has 8 heteroatoms. The third-order valence-corrected chi connectivity index (χ3v) is 2.44. The van der Waals surface area contributed by atoms with Crippen molar-refractivity contribution in [3.63, 3.8) is 0 Å². The van der Waals surface area contributed by atoms with Crippen molar-refractivity contribution < 1.29 is 30.3 Å². The number of anilines is 1. The van der Waals surface area contributed by atoms with Gasteiger partial charge in [0, 0.05) is 6.20 Å². The van der Waals surface area contributed by atoms with E-state index in [2.05, 4.69) is 10.3 Å². The van der Waals surface area contributed by atoms with Crippen LogP contribution < -0.4 is 5.32 Å². The zero-order chi connectivity index (χ0) is 14.4. The van der Waals surface area contributed by atoms with Gasteiger partial charge in [-0.25, -0.2) is 4.98 Å². The van der Waals surface area contributed by atoms with E-state index < -0.39 is 36.9 Å². The molecule has 4 atom stereocenters. The average Bonchev–Trinajstić information content (AvgIpc) is 2.44. The van der Waals surface area contributed by atoms with Crippen LogP contribution in [0, 0.1) is 0 Å². The van der Waals surface area contributed by atoms with Gasteiger partial charge in [-0.3, -0.25) is 4.79 Å². The minimum atomic E-state index is -1.97. The van der Waals surface area contributed by atoms with E-state index in [0.29, 0.717) is 0 Å². The van der Waals surface area contributed by atoms with E-state index in [0.717, 1.165) is 0 Å². The Morgan fingerprint density at radius 3 is 2.42 bits per heavy atom. The summed E-state index contributed by atoms with van der Waals surface area (Å²) in [5, 5.41) is 48.3. The normalized spacial score (nSPS) is 17.3. The lowest BCUT2D eigenvalue weighted by atomic mass is 10.0. The topological polar surface area (TPSA) is 143 Å². The first-order valence-corrected chi connectivity index (χ1v) is 5.52. The van der Waals surface area contributed by atoms with Crippen LogP contribution in [0.2, 0.25) is 0 Å². The van der Waals surface area contributed by atoms with Crippen molar-refractivity contribution in [3.8, 4) is 0 Å². The van der Waals surface area contributed by atoms with E-state index in [9.17, 15) is 20.1 Å². The highest BCUT2D eigenvalue weighted by atomic mass is 16.4. The lowest BCUT2D eigenvalue weighted by Gasteiger charge is -2.24. The van der Waals surface area contributed by atoms with Gasteiger partial charge in [0.05, 0.1) is 6.61 Å². The van der Waals surface area contributed by atoms with E-state index in [1.807, 2.05) is 0 Å². The summed E-state index contributed by atoms with van der Waals surface area (Å²) >= 11 is 0. The molecule has 1 heterocycles. The highest BCUT2D eigenvalue weighted by Gasteiger charge is 2.34. The minimum Gasteiger partial charge on any atom is -0.394 e. The molecule has 19 heavy (non-hydrogen) atoms. The molecule has 0 fully saturated rings. The van der Waals surface area contributed by atoms with Crippen LogP contribution in [0.25, 0.3) is 0 Å². The van der Waals surface area contributed by atoms with Gasteiger partial charge in [-0.15, -0.1) is 0 Å². The van der Waals surface area contributed by atoms with Crippen molar-refractivity contribution in [2.24, 2.45) is 0 Å². The van der Waals surface area contributed by atoms with Crippen LogP contribution in [0.3, 0.4) is 0 Å². The minimum absolute atomic E-state index is 0.163. The first-order valence-electron chi connectivity index (χ1n) is 5.52. The Labute approximate surface area is 109 Å². The van der Waals surface area contributed by atoms with E-state index in [-0.39, 0.29) is 5.82 Å². The smallest absolute Gasteiger partial charge is 0.257 e. The Morgan fingerprint density at radius 1 is 1.21 bits per heavy atom. The number of hydrogen-bond acceptors (Lipinski definition) is 7. The standard InChI is InChI=1S/C11H16N2O6/c14-5-6(15)8(16)9(17)10(18)11(19)13-7-3-1-2-4-12-7/h1-4,6,8-10,14-18H,5H2,(H,12,13,19)/t6-,8-,9+,10-/m1/s1. The molecule has 0 bridgehead atoms. The van der Waals surface area contributed by atoms with Gasteiger partial charge < -0.3 is 30.8 Å². The number of aromatic nitrogens is 1. The second-order valence-electron chi connectivity index (χ2n) is 3.88. The van der Waals surface area contributed by atoms with Crippen molar-refractivity contribution in [2.45, 2.75) is 24.4 Å². The van der Waals surface area contributed by atoms with Crippen molar-refractivity contribution in [1.29, 1.82) is 0 Å². The fourth-order valence-electron chi connectivity index (χ4n) is 1.31. The molecule has 0 saturated carbocycles. The summed E-state index contributed by atoms with van der Waals surface area (Å²) in [4.78, 5) is 15.3. The summed E-state index contributed by atoms with van der Waals surface area (Å²) in [6.45, 7) is -0.813. The van der Waals surface area contributed by atoms with E-state index in [1.165, 1.54) is 12.3 Å². The summed E-state index contributed by atoms with van der Waals surface area (Å²) in [6, 6.07) is 4.70. The largest absolute Gasteiger partial charge is 0.394 e. The molecule has 0 spiro atoms. The number of rotatable bonds is 6. The summed E-state index contributed by atoms with van der Waals surface area (Å²) in [6.07, 6.45) is -6.01. The Kier molecular flexibility index (Phi) is 5.80. The van der Waals surface area contributed by atoms with Gasteiger partial charge in [0.1, 0.15) is 24.1 Å². The van der Waals surface area contributed by atoms with E-state index in [4.69, 9.17) is 10.2 Å². The molecule has 1 amide bonds. The maximum absolute atomic E-state index is 11.6. The molecule has 0 aliphatic carbocycles. The maximum atomic E-state index is 11.6. The van der Waals surface area contributed by atoms with Gasteiger partial charge >= 0.3 is 0 Å². The van der Waals surface area contributed by atoms with Gasteiger partial charge in [0.2, 0.25) is 0 Å². The molecule has 1 aromatic heterocycles. The number of aliphatic hydroxyl groups is 5. The van der Waals surface area contributed by atoms with Gasteiger partial charge in [-0.1, -0.05) is 6.07 Å². The molecule has 0 aromatic carbocycles. The van der Waals surface area contributed by atoms with E-state index >= 15 is 0 Å². The monoisotopic (exact) mass is 272 g/mol. The molecular weight excluding hydrogens is 256 g/mol. The molecule has 1 aromatic rings. The van der Waals surface area contributed by atoms with Crippen molar-refractivity contribution >= 4 is 11.7 Å². The zero-order valence-electron chi connectivity index (χ0n) is 9.92. The Hall–Kier alpha value is -1.58. The molecule has 0 radical (unpaired) electrons.